The quantitative estimate of drug-likeness (QED) is 0.229. The summed E-state index contributed by atoms with van der Waals surface area (Å²) in [5, 5.41) is 3.94. The Morgan fingerprint density at radius 2 is 1.52 bits per heavy atom. The second kappa shape index (κ2) is 15.0. The number of ether oxygens (including phenoxy) is 1. The molecule has 0 heterocycles. The van der Waals surface area contributed by atoms with E-state index in [9.17, 15) is 18.0 Å². The molecule has 0 saturated heterocycles. The standard InChI is InChI=1S/C30H34Cl3N3O5S/c1-5-41-26-12-10-25(11-13-26)36(42(39,40)27-14-8-23(31)9-15-27)19-29(37)35(21(4)30(38)34-17-20(2)3)18-22-6-7-24(32)16-28(22)33/h6-16,20-21H,5,17-19H2,1-4H3,(H,34,38)/t21-/m0/s1. The van der Waals surface area contributed by atoms with E-state index in [2.05, 4.69) is 5.32 Å². The van der Waals surface area contributed by atoms with E-state index in [-0.39, 0.29) is 29.0 Å². The fraction of sp³-hybridized carbons (Fsp3) is 0.333. The fourth-order valence-electron chi connectivity index (χ4n) is 4.01. The fourth-order valence-corrected chi connectivity index (χ4v) is 6.01. The molecule has 12 heteroatoms. The third kappa shape index (κ3) is 8.77. The molecule has 0 bridgehead atoms. The van der Waals surface area contributed by atoms with E-state index in [0.29, 0.717) is 39.5 Å². The summed E-state index contributed by atoms with van der Waals surface area (Å²) in [6.07, 6.45) is 0. The zero-order valence-corrected chi connectivity index (χ0v) is 26.9. The molecule has 1 N–H and O–H groups in total. The Bertz CT molecular complexity index is 1480. The van der Waals surface area contributed by atoms with Gasteiger partial charge in [0.1, 0.15) is 18.3 Å². The van der Waals surface area contributed by atoms with Gasteiger partial charge in [0.05, 0.1) is 17.2 Å². The van der Waals surface area contributed by atoms with Crippen molar-refractivity contribution in [1.82, 2.24) is 10.2 Å². The largest absolute Gasteiger partial charge is 0.494 e. The molecule has 8 nitrogen and oxygen atoms in total. The normalized spacial score (nSPS) is 12.1. The van der Waals surface area contributed by atoms with Crippen molar-refractivity contribution in [2.45, 2.75) is 45.2 Å². The molecule has 3 rings (SSSR count). The molecule has 0 unspecified atom stereocenters. The maximum Gasteiger partial charge on any atom is 0.264 e. The summed E-state index contributed by atoms with van der Waals surface area (Å²) in [6, 6.07) is 15.9. The van der Waals surface area contributed by atoms with Crippen molar-refractivity contribution in [1.29, 1.82) is 0 Å². The van der Waals surface area contributed by atoms with Crippen LogP contribution in [0.25, 0.3) is 0 Å². The molecule has 226 valence electrons. The molecule has 1 atom stereocenters. The van der Waals surface area contributed by atoms with Crippen LogP contribution >= 0.6 is 34.8 Å². The second-order valence-corrected chi connectivity index (χ2v) is 13.1. The highest BCUT2D eigenvalue weighted by Gasteiger charge is 2.33. The van der Waals surface area contributed by atoms with Crippen LogP contribution in [0.1, 0.15) is 33.3 Å². The minimum absolute atomic E-state index is 0.0522. The molecule has 0 spiro atoms. The first kappa shape index (κ1) is 33.5. The lowest BCUT2D eigenvalue weighted by atomic mass is 10.1. The SMILES string of the molecule is CCOc1ccc(N(CC(=O)N(Cc2ccc(Cl)cc2Cl)[C@@H](C)C(=O)NCC(C)C)S(=O)(=O)c2ccc(Cl)cc2)cc1. The van der Waals surface area contributed by atoms with Gasteiger partial charge in [0.2, 0.25) is 11.8 Å². The van der Waals surface area contributed by atoms with Crippen molar-refractivity contribution < 1.29 is 22.7 Å². The van der Waals surface area contributed by atoms with Crippen LogP contribution in [-0.2, 0) is 26.2 Å². The van der Waals surface area contributed by atoms with Crippen LogP contribution in [-0.4, -0.2) is 50.9 Å². The third-order valence-electron chi connectivity index (χ3n) is 6.32. The molecule has 42 heavy (non-hydrogen) atoms. The summed E-state index contributed by atoms with van der Waals surface area (Å²) >= 11 is 18.5. The molecular weight excluding hydrogens is 621 g/mol. The first-order valence-corrected chi connectivity index (χ1v) is 15.9. The van der Waals surface area contributed by atoms with E-state index < -0.39 is 28.5 Å². The van der Waals surface area contributed by atoms with E-state index in [1.54, 1.807) is 49.4 Å². The summed E-state index contributed by atoms with van der Waals surface area (Å²) in [5.41, 5.74) is 0.786. The van der Waals surface area contributed by atoms with Gasteiger partial charge in [-0.1, -0.05) is 54.7 Å². The highest BCUT2D eigenvalue weighted by Crippen LogP contribution is 2.28. The Morgan fingerprint density at radius 3 is 2.10 bits per heavy atom. The average Bonchev–Trinajstić information content (AvgIpc) is 2.94. The van der Waals surface area contributed by atoms with Crippen LogP contribution in [0, 0.1) is 5.92 Å². The van der Waals surface area contributed by atoms with Gasteiger partial charge in [0, 0.05) is 28.2 Å². The lowest BCUT2D eigenvalue weighted by Gasteiger charge is -2.32. The van der Waals surface area contributed by atoms with Crippen LogP contribution in [0.2, 0.25) is 15.1 Å². The number of carbonyl (C=O) groups excluding carboxylic acids is 2. The number of rotatable bonds is 13. The summed E-state index contributed by atoms with van der Waals surface area (Å²) in [7, 11) is -4.24. The number of amides is 2. The minimum atomic E-state index is -4.24. The lowest BCUT2D eigenvalue weighted by molar-refractivity contribution is -0.139. The van der Waals surface area contributed by atoms with Gasteiger partial charge in [-0.15, -0.1) is 0 Å². The van der Waals surface area contributed by atoms with E-state index in [1.807, 2.05) is 20.8 Å². The second-order valence-electron chi connectivity index (χ2n) is 9.96. The molecule has 2 amide bonds. The Morgan fingerprint density at radius 1 is 0.905 bits per heavy atom. The van der Waals surface area contributed by atoms with E-state index >= 15 is 0 Å². The topological polar surface area (TPSA) is 96.0 Å². The van der Waals surface area contributed by atoms with Gasteiger partial charge < -0.3 is 15.0 Å². The first-order valence-electron chi connectivity index (χ1n) is 13.4. The molecule has 0 aromatic heterocycles. The van der Waals surface area contributed by atoms with Gasteiger partial charge in [0.25, 0.3) is 10.0 Å². The number of nitrogens with one attached hydrogen (secondary N) is 1. The van der Waals surface area contributed by atoms with Gasteiger partial charge in [-0.25, -0.2) is 8.42 Å². The van der Waals surface area contributed by atoms with Crippen LogP contribution in [0.5, 0.6) is 5.75 Å². The summed E-state index contributed by atoms with van der Waals surface area (Å²) < 4.78 is 34.3. The average molecular weight is 655 g/mol. The highest BCUT2D eigenvalue weighted by atomic mass is 35.5. The summed E-state index contributed by atoms with van der Waals surface area (Å²) in [6.45, 7) is 7.54. The Labute approximate surface area is 262 Å². The lowest BCUT2D eigenvalue weighted by Crippen LogP contribution is -2.51. The van der Waals surface area contributed by atoms with E-state index in [0.717, 1.165) is 4.31 Å². The van der Waals surface area contributed by atoms with Gasteiger partial charge in [-0.05, 0) is 86.0 Å². The zero-order chi connectivity index (χ0) is 31.0. The summed E-state index contributed by atoms with van der Waals surface area (Å²) in [4.78, 5) is 28.4. The Balaban J connectivity index is 2.04. The summed E-state index contributed by atoms with van der Waals surface area (Å²) in [5.74, 6) is -0.253. The van der Waals surface area contributed by atoms with E-state index in [1.165, 1.54) is 29.2 Å². The molecule has 0 saturated carbocycles. The first-order chi connectivity index (χ1) is 19.8. The van der Waals surface area contributed by atoms with Gasteiger partial charge in [-0.2, -0.15) is 0 Å². The Hall–Kier alpha value is -2.98. The smallest absolute Gasteiger partial charge is 0.264 e. The van der Waals surface area contributed by atoms with E-state index in [4.69, 9.17) is 39.5 Å². The van der Waals surface area contributed by atoms with Crippen LogP contribution < -0.4 is 14.4 Å². The van der Waals surface area contributed by atoms with Crippen LogP contribution in [0.4, 0.5) is 5.69 Å². The van der Waals surface area contributed by atoms with Crippen LogP contribution in [0.15, 0.2) is 71.6 Å². The van der Waals surface area contributed by atoms with Gasteiger partial charge in [0.15, 0.2) is 0 Å². The van der Waals surface area contributed by atoms with Gasteiger partial charge in [-0.3, -0.25) is 13.9 Å². The predicted molar refractivity (Wildman–Crippen MR) is 168 cm³/mol. The number of hydrogen-bond donors (Lipinski definition) is 1. The maximum absolute atomic E-state index is 14.0. The molecule has 0 aliphatic carbocycles. The predicted octanol–water partition coefficient (Wildman–Crippen LogP) is 6.43. The highest BCUT2D eigenvalue weighted by molar-refractivity contribution is 7.92. The molecular formula is C30H34Cl3N3O5S. The minimum Gasteiger partial charge on any atom is -0.494 e. The number of sulfonamides is 1. The molecule has 0 aliphatic rings. The number of benzene rings is 3. The Kier molecular flexibility index (Phi) is 11.9. The van der Waals surface area contributed by atoms with Crippen molar-refractivity contribution in [2.24, 2.45) is 5.92 Å². The third-order valence-corrected chi connectivity index (χ3v) is 8.95. The number of hydrogen-bond acceptors (Lipinski definition) is 5. The molecule has 3 aromatic carbocycles. The van der Waals surface area contributed by atoms with Crippen molar-refractivity contribution in [3.8, 4) is 5.75 Å². The number of nitrogens with zero attached hydrogens (tertiary/aromatic N) is 2. The number of carbonyl (C=O) groups is 2. The van der Waals surface area contributed by atoms with Crippen molar-refractivity contribution >= 4 is 62.3 Å². The van der Waals surface area contributed by atoms with Crippen molar-refractivity contribution in [3.05, 3.63) is 87.4 Å². The van der Waals surface area contributed by atoms with Gasteiger partial charge >= 0.3 is 0 Å². The number of halogens is 3. The molecule has 0 aliphatic heterocycles. The maximum atomic E-state index is 14.0. The monoisotopic (exact) mass is 653 g/mol. The molecule has 0 fully saturated rings. The number of anilines is 1. The van der Waals surface area contributed by atoms with Crippen molar-refractivity contribution in [3.63, 3.8) is 0 Å². The van der Waals surface area contributed by atoms with Crippen molar-refractivity contribution in [2.75, 3.05) is 24.0 Å². The van der Waals surface area contributed by atoms with Crippen LogP contribution in [0.3, 0.4) is 0 Å². The zero-order valence-electron chi connectivity index (χ0n) is 23.8. The molecule has 3 aromatic rings. The molecule has 0 radical (unpaired) electrons.